The summed E-state index contributed by atoms with van der Waals surface area (Å²) in [4.78, 5) is 26.2. The third kappa shape index (κ3) is 4.90. The molecule has 0 unspecified atom stereocenters. The SMILES string of the molecule is COc1cc(C[C@]2(CCC(=O)N(C)Cc3ccsc3)CCC(=O)N2)ccc1F. The van der Waals surface area contributed by atoms with E-state index in [4.69, 9.17) is 4.74 Å². The predicted octanol–water partition coefficient (Wildman–Crippen LogP) is 3.53. The van der Waals surface area contributed by atoms with E-state index in [1.807, 2.05) is 16.8 Å². The van der Waals surface area contributed by atoms with Crippen LogP contribution < -0.4 is 10.1 Å². The summed E-state index contributed by atoms with van der Waals surface area (Å²) in [7, 11) is 3.22. The van der Waals surface area contributed by atoms with Crippen LogP contribution in [0, 0.1) is 5.82 Å². The van der Waals surface area contributed by atoms with Gasteiger partial charge in [-0.15, -0.1) is 0 Å². The van der Waals surface area contributed by atoms with Crippen LogP contribution >= 0.6 is 11.3 Å². The van der Waals surface area contributed by atoms with E-state index in [0.717, 1.165) is 11.1 Å². The van der Waals surface area contributed by atoms with Crippen molar-refractivity contribution in [1.29, 1.82) is 0 Å². The van der Waals surface area contributed by atoms with Crippen molar-refractivity contribution in [3.63, 3.8) is 0 Å². The average Bonchev–Trinajstić information content (AvgIpc) is 3.31. The van der Waals surface area contributed by atoms with Crippen molar-refractivity contribution < 1.29 is 18.7 Å². The Bertz CT molecular complexity index is 840. The number of nitrogens with one attached hydrogen (secondary N) is 1. The van der Waals surface area contributed by atoms with Crippen molar-refractivity contribution >= 4 is 23.2 Å². The molecule has 0 bridgehead atoms. The number of hydrogen-bond acceptors (Lipinski definition) is 4. The van der Waals surface area contributed by atoms with Crippen molar-refractivity contribution in [1.82, 2.24) is 10.2 Å². The summed E-state index contributed by atoms with van der Waals surface area (Å²) >= 11 is 1.61. The molecule has 5 nitrogen and oxygen atoms in total. The zero-order chi connectivity index (χ0) is 20.1. The fraction of sp³-hybridized carbons (Fsp3) is 0.429. The molecule has 1 N–H and O–H groups in total. The van der Waals surface area contributed by atoms with Gasteiger partial charge in [0.05, 0.1) is 7.11 Å². The van der Waals surface area contributed by atoms with Crippen LogP contribution in [-0.2, 0) is 22.6 Å². The molecule has 150 valence electrons. The van der Waals surface area contributed by atoms with Crippen molar-refractivity contribution in [3.8, 4) is 5.75 Å². The molecule has 1 aliphatic heterocycles. The van der Waals surface area contributed by atoms with Crippen LogP contribution in [0.4, 0.5) is 4.39 Å². The quantitative estimate of drug-likeness (QED) is 0.732. The van der Waals surface area contributed by atoms with Gasteiger partial charge < -0.3 is 15.0 Å². The molecule has 28 heavy (non-hydrogen) atoms. The van der Waals surface area contributed by atoms with E-state index in [9.17, 15) is 14.0 Å². The Morgan fingerprint density at radius 1 is 1.36 bits per heavy atom. The Kier molecular flexibility index (Phi) is 6.34. The molecule has 2 heterocycles. The topological polar surface area (TPSA) is 58.6 Å². The van der Waals surface area contributed by atoms with Gasteiger partial charge in [0.15, 0.2) is 11.6 Å². The lowest BCUT2D eigenvalue weighted by Crippen LogP contribution is -2.44. The maximum atomic E-state index is 13.7. The smallest absolute Gasteiger partial charge is 0.222 e. The van der Waals surface area contributed by atoms with Gasteiger partial charge >= 0.3 is 0 Å². The molecule has 1 aliphatic rings. The minimum atomic E-state index is -0.487. The van der Waals surface area contributed by atoms with Crippen molar-refractivity contribution in [2.75, 3.05) is 14.2 Å². The van der Waals surface area contributed by atoms with Crippen LogP contribution in [0.25, 0.3) is 0 Å². The second kappa shape index (κ2) is 8.73. The highest BCUT2D eigenvalue weighted by molar-refractivity contribution is 7.07. The molecule has 0 radical (unpaired) electrons. The lowest BCUT2D eigenvalue weighted by atomic mass is 9.84. The molecule has 1 saturated heterocycles. The molecule has 3 rings (SSSR count). The molecular formula is C21H25FN2O3S. The van der Waals surface area contributed by atoms with Gasteiger partial charge in [0, 0.05) is 32.0 Å². The summed E-state index contributed by atoms with van der Waals surface area (Å²) in [5, 5.41) is 7.09. The van der Waals surface area contributed by atoms with Gasteiger partial charge in [-0.05, 0) is 59.3 Å². The van der Waals surface area contributed by atoms with Crippen molar-refractivity contribution in [3.05, 3.63) is 52.0 Å². The Morgan fingerprint density at radius 3 is 2.82 bits per heavy atom. The molecule has 0 saturated carbocycles. The molecule has 0 spiro atoms. The van der Waals surface area contributed by atoms with Gasteiger partial charge in [0.2, 0.25) is 11.8 Å². The molecule has 1 aromatic carbocycles. The molecule has 7 heteroatoms. The number of amides is 2. The van der Waals surface area contributed by atoms with Crippen molar-refractivity contribution in [2.45, 2.75) is 44.2 Å². The van der Waals surface area contributed by atoms with Gasteiger partial charge in [-0.25, -0.2) is 4.39 Å². The molecule has 1 aromatic heterocycles. The van der Waals surface area contributed by atoms with Gasteiger partial charge in [0.25, 0.3) is 0 Å². The molecule has 0 aliphatic carbocycles. The fourth-order valence-electron chi connectivity index (χ4n) is 3.67. The van der Waals surface area contributed by atoms with Crippen LogP contribution in [0.2, 0.25) is 0 Å². The van der Waals surface area contributed by atoms with E-state index in [1.165, 1.54) is 13.2 Å². The van der Waals surface area contributed by atoms with E-state index in [-0.39, 0.29) is 17.6 Å². The Balaban J connectivity index is 1.66. The van der Waals surface area contributed by atoms with Gasteiger partial charge in [-0.1, -0.05) is 6.07 Å². The Morgan fingerprint density at radius 2 is 2.18 bits per heavy atom. The number of nitrogens with zero attached hydrogens (tertiary/aromatic N) is 1. The first-order valence-electron chi connectivity index (χ1n) is 9.29. The van der Waals surface area contributed by atoms with Gasteiger partial charge in [-0.3, -0.25) is 9.59 Å². The van der Waals surface area contributed by atoms with E-state index in [0.29, 0.717) is 38.6 Å². The van der Waals surface area contributed by atoms with E-state index < -0.39 is 11.4 Å². The molecule has 2 aromatic rings. The number of ether oxygens (including phenoxy) is 1. The first-order valence-corrected chi connectivity index (χ1v) is 10.2. The number of rotatable bonds is 8. The minimum absolute atomic E-state index is 0.00634. The third-order valence-electron chi connectivity index (χ3n) is 5.24. The average molecular weight is 405 g/mol. The molecular weight excluding hydrogens is 379 g/mol. The second-order valence-electron chi connectivity index (χ2n) is 7.36. The number of methoxy groups -OCH3 is 1. The monoisotopic (exact) mass is 404 g/mol. The lowest BCUT2D eigenvalue weighted by Gasteiger charge is -2.30. The predicted molar refractivity (Wildman–Crippen MR) is 107 cm³/mol. The summed E-state index contributed by atoms with van der Waals surface area (Å²) in [5.74, 6) is -0.193. The van der Waals surface area contributed by atoms with Gasteiger partial charge in [0.1, 0.15) is 0 Å². The maximum absolute atomic E-state index is 13.7. The van der Waals surface area contributed by atoms with Gasteiger partial charge in [-0.2, -0.15) is 11.3 Å². The fourth-order valence-corrected chi connectivity index (χ4v) is 4.33. The van der Waals surface area contributed by atoms with Crippen LogP contribution in [0.3, 0.4) is 0 Å². The summed E-state index contributed by atoms with van der Waals surface area (Å²) in [6, 6.07) is 6.74. The zero-order valence-electron chi connectivity index (χ0n) is 16.2. The Hall–Kier alpha value is -2.41. The first kappa shape index (κ1) is 20.3. The minimum Gasteiger partial charge on any atom is -0.494 e. The molecule has 1 atom stereocenters. The molecule has 2 amide bonds. The Labute approximate surface area is 168 Å². The number of carbonyl (C=O) groups is 2. The standard InChI is InChI=1S/C21H25FN2O3S/c1-24(13-16-7-10-28-14-16)20(26)6-9-21(8-5-19(25)23-21)12-15-3-4-17(22)18(11-15)27-2/h3-4,7,10-11,14H,5-6,8-9,12-13H2,1-2H3,(H,23,25)/t21-/m1/s1. The number of hydrogen-bond donors (Lipinski definition) is 1. The summed E-state index contributed by atoms with van der Waals surface area (Å²) in [6.07, 6.45) is 2.53. The van der Waals surface area contributed by atoms with Crippen LogP contribution in [-0.4, -0.2) is 36.4 Å². The largest absolute Gasteiger partial charge is 0.494 e. The highest BCUT2D eigenvalue weighted by Gasteiger charge is 2.38. The first-order chi connectivity index (χ1) is 13.4. The molecule has 1 fully saturated rings. The summed E-state index contributed by atoms with van der Waals surface area (Å²) in [6.45, 7) is 0.580. The summed E-state index contributed by atoms with van der Waals surface area (Å²) < 4.78 is 18.8. The zero-order valence-corrected chi connectivity index (χ0v) is 17.0. The van der Waals surface area contributed by atoms with E-state index >= 15 is 0 Å². The van der Waals surface area contributed by atoms with E-state index in [1.54, 1.807) is 35.4 Å². The van der Waals surface area contributed by atoms with Crippen LogP contribution in [0.1, 0.15) is 36.8 Å². The maximum Gasteiger partial charge on any atom is 0.222 e. The third-order valence-corrected chi connectivity index (χ3v) is 5.97. The number of carbonyl (C=O) groups excluding carboxylic acids is 2. The normalized spacial score (nSPS) is 18.8. The summed E-state index contributed by atoms with van der Waals surface area (Å²) in [5.41, 5.74) is 1.50. The number of halogens is 1. The van der Waals surface area contributed by atoms with Crippen LogP contribution in [0.15, 0.2) is 35.0 Å². The number of benzene rings is 1. The second-order valence-corrected chi connectivity index (χ2v) is 8.14. The highest BCUT2D eigenvalue weighted by Crippen LogP contribution is 2.31. The number of thiophene rings is 1. The lowest BCUT2D eigenvalue weighted by molar-refractivity contribution is -0.131. The highest BCUT2D eigenvalue weighted by atomic mass is 32.1. The van der Waals surface area contributed by atoms with E-state index in [2.05, 4.69) is 5.32 Å². The van der Waals surface area contributed by atoms with Crippen LogP contribution in [0.5, 0.6) is 5.75 Å². The van der Waals surface area contributed by atoms with Crippen molar-refractivity contribution in [2.24, 2.45) is 0 Å².